The molecule has 88 valence electrons. The van der Waals surface area contributed by atoms with Gasteiger partial charge in [0.15, 0.2) is 0 Å². The third-order valence-corrected chi connectivity index (χ3v) is 3.34. The molecule has 0 aliphatic carbocycles. The van der Waals surface area contributed by atoms with Crippen molar-refractivity contribution < 1.29 is 5.11 Å². The van der Waals surface area contributed by atoms with Gasteiger partial charge in [0.25, 0.3) is 0 Å². The number of anilines is 1. The van der Waals surface area contributed by atoms with Crippen LogP contribution in [-0.4, -0.2) is 22.7 Å². The van der Waals surface area contributed by atoms with Crippen molar-refractivity contribution >= 4 is 5.82 Å². The highest BCUT2D eigenvalue weighted by Crippen LogP contribution is 2.28. The lowest BCUT2D eigenvalue weighted by atomic mass is 10.0. The van der Waals surface area contributed by atoms with Crippen LogP contribution in [0.2, 0.25) is 0 Å². The van der Waals surface area contributed by atoms with E-state index in [0.29, 0.717) is 6.04 Å². The number of piperidine rings is 1. The van der Waals surface area contributed by atoms with E-state index in [9.17, 15) is 5.11 Å². The van der Waals surface area contributed by atoms with E-state index in [-0.39, 0.29) is 0 Å². The molecule has 2 rings (SSSR count). The molecule has 0 saturated carbocycles. The van der Waals surface area contributed by atoms with Crippen molar-refractivity contribution in [2.45, 2.75) is 45.3 Å². The number of aliphatic hydroxyl groups excluding tert-OH is 1. The Hall–Kier alpha value is -1.09. The molecule has 1 aliphatic rings. The second-order valence-electron chi connectivity index (χ2n) is 4.63. The number of nitrogens with zero attached hydrogens (tertiary/aromatic N) is 2. The van der Waals surface area contributed by atoms with Crippen LogP contribution in [0.15, 0.2) is 18.3 Å². The maximum Gasteiger partial charge on any atom is 0.134 e. The molecule has 3 heteroatoms. The monoisotopic (exact) mass is 220 g/mol. The van der Waals surface area contributed by atoms with Crippen LogP contribution in [0.25, 0.3) is 0 Å². The largest absolute Gasteiger partial charge is 0.389 e. The maximum atomic E-state index is 9.75. The van der Waals surface area contributed by atoms with Crippen molar-refractivity contribution in [1.29, 1.82) is 0 Å². The van der Waals surface area contributed by atoms with Gasteiger partial charge in [0.05, 0.1) is 6.10 Å². The molecule has 1 saturated heterocycles. The molecule has 0 bridgehead atoms. The summed E-state index contributed by atoms with van der Waals surface area (Å²) in [6.45, 7) is 5.09. The molecule has 1 unspecified atom stereocenters. The fourth-order valence-electron chi connectivity index (χ4n) is 2.39. The predicted molar refractivity (Wildman–Crippen MR) is 65.5 cm³/mol. The predicted octanol–water partition coefficient (Wildman–Crippen LogP) is 2.51. The summed E-state index contributed by atoms with van der Waals surface area (Å²) < 4.78 is 0. The molecule has 1 N–H and O–H groups in total. The van der Waals surface area contributed by atoms with Crippen molar-refractivity contribution in [2.75, 3.05) is 11.4 Å². The van der Waals surface area contributed by atoms with Gasteiger partial charge >= 0.3 is 0 Å². The summed E-state index contributed by atoms with van der Waals surface area (Å²) in [5.41, 5.74) is 0.941. The Balaban J connectivity index is 2.31. The molecule has 1 aromatic heterocycles. The molecule has 1 aromatic rings. The van der Waals surface area contributed by atoms with Gasteiger partial charge in [-0.15, -0.1) is 0 Å². The van der Waals surface area contributed by atoms with Crippen LogP contribution in [0, 0.1) is 0 Å². The quantitative estimate of drug-likeness (QED) is 0.832. The fraction of sp³-hybridized carbons (Fsp3) is 0.615. The van der Waals surface area contributed by atoms with Crippen LogP contribution in [0.5, 0.6) is 0 Å². The summed E-state index contributed by atoms with van der Waals surface area (Å²) in [5.74, 6) is 0.963. The third-order valence-electron chi connectivity index (χ3n) is 3.34. The molecular weight excluding hydrogens is 200 g/mol. The summed E-state index contributed by atoms with van der Waals surface area (Å²) in [7, 11) is 0. The molecule has 1 aliphatic heterocycles. The Morgan fingerprint density at radius 2 is 2.31 bits per heavy atom. The standard InChI is InChI=1S/C13H20N2O/c1-10-6-3-4-9-15(10)13-12(11(2)16)7-5-8-14-13/h5,7-8,10-11,16H,3-4,6,9H2,1-2H3/t10?,11-/m0/s1. The average molecular weight is 220 g/mol. The van der Waals surface area contributed by atoms with E-state index in [0.717, 1.165) is 17.9 Å². The lowest BCUT2D eigenvalue weighted by Crippen LogP contribution is -2.38. The minimum atomic E-state index is -0.446. The van der Waals surface area contributed by atoms with E-state index >= 15 is 0 Å². The van der Waals surface area contributed by atoms with Crippen LogP contribution in [-0.2, 0) is 0 Å². The minimum absolute atomic E-state index is 0.446. The van der Waals surface area contributed by atoms with Gasteiger partial charge in [0.2, 0.25) is 0 Å². The Kier molecular flexibility index (Phi) is 3.44. The van der Waals surface area contributed by atoms with Crippen LogP contribution < -0.4 is 4.90 Å². The third kappa shape index (κ3) is 2.19. The van der Waals surface area contributed by atoms with Crippen LogP contribution in [0.1, 0.15) is 44.8 Å². The van der Waals surface area contributed by atoms with E-state index < -0.39 is 6.10 Å². The molecule has 0 spiro atoms. The Labute approximate surface area is 97.1 Å². The lowest BCUT2D eigenvalue weighted by molar-refractivity contribution is 0.199. The first-order valence-electron chi connectivity index (χ1n) is 6.10. The topological polar surface area (TPSA) is 36.4 Å². The number of aromatic nitrogens is 1. The van der Waals surface area contributed by atoms with Gasteiger partial charge in [-0.05, 0) is 39.2 Å². The smallest absolute Gasteiger partial charge is 0.134 e. The molecule has 0 amide bonds. The van der Waals surface area contributed by atoms with Gasteiger partial charge in [0.1, 0.15) is 5.82 Å². The highest BCUT2D eigenvalue weighted by atomic mass is 16.3. The zero-order valence-electron chi connectivity index (χ0n) is 10.1. The van der Waals surface area contributed by atoms with Gasteiger partial charge in [-0.1, -0.05) is 6.07 Å². The molecule has 16 heavy (non-hydrogen) atoms. The van der Waals surface area contributed by atoms with E-state index in [1.54, 1.807) is 6.92 Å². The Morgan fingerprint density at radius 3 is 3.00 bits per heavy atom. The van der Waals surface area contributed by atoms with Gasteiger partial charge < -0.3 is 10.0 Å². The Bertz CT molecular complexity index is 352. The van der Waals surface area contributed by atoms with Crippen molar-refractivity contribution in [3.05, 3.63) is 23.9 Å². The highest BCUT2D eigenvalue weighted by molar-refractivity contribution is 5.48. The number of aliphatic hydroxyl groups is 1. The fourth-order valence-corrected chi connectivity index (χ4v) is 2.39. The summed E-state index contributed by atoms with van der Waals surface area (Å²) in [6.07, 6.45) is 5.10. The van der Waals surface area contributed by atoms with E-state index in [2.05, 4.69) is 16.8 Å². The molecule has 2 heterocycles. The van der Waals surface area contributed by atoms with E-state index in [1.807, 2.05) is 18.3 Å². The molecule has 2 atom stereocenters. The van der Waals surface area contributed by atoms with E-state index in [4.69, 9.17) is 0 Å². The summed E-state index contributed by atoms with van der Waals surface area (Å²) >= 11 is 0. The number of pyridine rings is 1. The van der Waals surface area contributed by atoms with Crippen molar-refractivity contribution in [1.82, 2.24) is 4.98 Å². The zero-order chi connectivity index (χ0) is 11.5. The minimum Gasteiger partial charge on any atom is -0.389 e. The Morgan fingerprint density at radius 1 is 1.50 bits per heavy atom. The van der Waals surface area contributed by atoms with Crippen molar-refractivity contribution in [2.24, 2.45) is 0 Å². The van der Waals surface area contributed by atoms with Crippen LogP contribution in [0.3, 0.4) is 0 Å². The van der Waals surface area contributed by atoms with Crippen molar-refractivity contribution in [3.8, 4) is 0 Å². The molecule has 0 aromatic carbocycles. The van der Waals surface area contributed by atoms with Gasteiger partial charge in [0, 0.05) is 24.3 Å². The zero-order valence-corrected chi connectivity index (χ0v) is 10.1. The SMILES string of the molecule is CC1CCCCN1c1ncccc1[C@H](C)O. The molecular formula is C13H20N2O. The number of hydrogen-bond acceptors (Lipinski definition) is 3. The number of hydrogen-bond donors (Lipinski definition) is 1. The summed E-state index contributed by atoms with van der Waals surface area (Å²) in [4.78, 5) is 6.76. The average Bonchev–Trinajstić information content (AvgIpc) is 2.29. The first kappa shape index (κ1) is 11.4. The van der Waals surface area contributed by atoms with Gasteiger partial charge in [-0.2, -0.15) is 0 Å². The number of rotatable bonds is 2. The molecule has 1 fully saturated rings. The van der Waals surface area contributed by atoms with E-state index in [1.165, 1.54) is 19.3 Å². The van der Waals surface area contributed by atoms with Gasteiger partial charge in [-0.25, -0.2) is 4.98 Å². The normalized spacial score (nSPS) is 23.2. The molecule has 3 nitrogen and oxygen atoms in total. The highest BCUT2D eigenvalue weighted by Gasteiger charge is 2.22. The van der Waals surface area contributed by atoms with Gasteiger partial charge in [-0.3, -0.25) is 0 Å². The second kappa shape index (κ2) is 4.83. The van der Waals surface area contributed by atoms with Crippen LogP contribution in [0.4, 0.5) is 5.82 Å². The molecule has 0 radical (unpaired) electrons. The van der Waals surface area contributed by atoms with Crippen molar-refractivity contribution in [3.63, 3.8) is 0 Å². The van der Waals surface area contributed by atoms with Crippen LogP contribution >= 0.6 is 0 Å². The summed E-state index contributed by atoms with van der Waals surface area (Å²) in [5, 5.41) is 9.75. The first-order valence-corrected chi connectivity index (χ1v) is 6.10. The second-order valence-corrected chi connectivity index (χ2v) is 4.63. The summed E-state index contributed by atoms with van der Waals surface area (Å²) in [6, 6.07) is 4.38. The first-order chi connectivity index (χ1) is 7.70. The maximum absolute atomic E-state index is 9.75. The lowest BCUT2D eigenvalue weighted by Gasteiger charge is -2.35.